The zero-order chi connectivity index (χ0) is 15.7. The van der Waals surface area contributed by atoms with Crippen LogP contribution in [0, 0.1) is 34.5 Å². The highest BCUT2D eigenvalue weighted by Gasteiger charge is 2.62. The van der Waals surface area contributed by atoms with E-state index in [9.17, 15) is 14.7 Å². The number of carbonyl (C=O) groups excluding carboxylic acids is 2. The molecule has 3 nitrogen and oxygen atoms in total. The molecule has 4 rings (SSSR count). The number of aliphatic hydroxyl groups excluding tert-OH is 1. The third kappa shape index (κ3) is 1.72. The van der Waals surface area contributed by atoms with E-state index in [-0.39, 0.29) is 23.0 Å². The molecule has 4 aliphatic carbocycles. The minimum Gasteiger partial charge on any atom is -0.393 e. The second kappa shape index (κ2) is 4.53. The molecule has 2 unspecified atom stereocenters. The van der Waals surface area contributed by atoms with Crippen molar-refractivity contribution in [3.63, 3.8) is 0 Å². The summed E-state index contributed by atoms with van der Waals surface area (Å²) in [5.41, 5.74) is -0.328. The summed E-state index contributed by atoms with van der Waals surface area (Å²) in [5.74, 6) is 1.94. The zero-order valence-corrected chi connectivity index (χ0v) is 13.5. The van der Waals surface area contributed by atoms with Crippen LogP contribution in [0.4, 0.5) is 0 Å². The fourth-order valence-corrected chi connectivity index (χ4v) is 6.45. The van der Waals surface area contributed by atoms with Gasteiger partial charge < -0.3 is 5.11 Å². The first-order valence-corrected chi connectivity index (χ1v) is 8.79. The lowest BCUT2D eigenvalue weighted by Gasteiger charge is -2.60. The Bertz CT molecular complexity index is 565. The van der Waals surface area contributed by atoms with E-state index in [4.69, 9.17) is 0 Å². The Morgan fingerprint density at radius 3 is 2.77 bits per heavy atom. The highest BCUT2D eigenvalue weighted by molar-refractivity contribution is 5.97. The van der Waals surface area contributed by atoms with Gasteiger partial charge in [-0.1, -0.05) is 19.9 Å². The molecule has 0 saturated heterocycles. The van der Waals surface area contributed by atoms with E-state index >= 15 is 0 Å². The van der Waals surface area contributed by atoms with E-state index in [0.717, 1.165) is 19.3 Å². The summed E-state index contributed by atoms with van der Waals surface area (Å²) >= 11 is 0. The summed E-state index contributed by atoms with van der Waals surface area (Å²) in [6, 6.07) is 0. The minimum absolute atomic E-state index is 0.0665. The average Bonchev–Trinajstić information content (AvgIpc) is 2.75. The first-order valence-electron chi connectivity index (χ1n) is 8.79. The molecule has 22 heavy (non-hydrogen) atoms. The molecule has 0 aliphatic heterocycles. The van der Waals surface area contributed by atoms with Crippen LogP contribution in [0.2, 0.25) is 0 Å². The van der Waals surface area contributed by atoms with Gasteiger partial charge in [0.1, 0.15) is 5.78 Å². The van der Waals surface area contributed by atoms with Crippen molar-refractivity contribution in [3.05, 3.63) is 12.2 Å². The Balaban J connectivity index is 1.72. The lowest BCUT2D eigenvalue weighted by Crippen LogP contribution is -2.59. The molecule has 3 heteroatoms. The van der Waals surface area contributed by atoms with Gasteiger partial charge in [0.05, 0.1) is 6.10 Å². The van der Waals surface area contributed by atoms with Crippen LogP contribution in [0.5, 0.6) is 0 Å². The van der Waals surface area contributed by atoms with E-state index in [2.05, 4.69) is 13.0 Å². The monoisotopic (exact) mass is 302 g/mol. The third-order valence-corrected chi connectivity index (χ3v) is 7.68. The lowest BCUT2D eigenvalue weighted by molar-refractivity contribution is -0.167. The third-order valence-electron chi connectivity index (χ3n) is 7.68. The Morgan fingerprint density at radius 2 is 2.00 bits per heavy atom. The maximum atomic E-state index is 12.3. The van der Waals surface area contributed by atoms with Gasteiger partial charge in [0.2, 0.25) is 0 Å². The summed E-state index contributed by atoms with van der Waals surface area (Å²) < 4.78 is 0. The highest BCUT2D eigenvalue weighted by Crippen LogP contribution is 2.64. The Kier molecular flexibility index (Phi) is 3.01. The van der Waals surface area contributed by atoms with Gasteiger partial charge in [-0.2, -0.15) is 0 Å². The van der Waals surface area contributed by atoms with Crippen molar-refractivity contribution in [3.8, 4) is 0 Å². The van der Waals surface area contributed by atoms with Crippen LogP contribution in [0.3, 0.4) is 0 Å². The smallest absolute Gasteiger partial charge is 0.161 e. The van der Waals surface area contributed by atoms with Crippen LogP contribution in [0.25, 0.3) is 0 Å². The number of rotatable bonds is 0. The molecule has 1 N–H and O–H groups in total. The molecule has 120 valence electrons. The van der Waals surface area contributed by atoms with E-state index in [1.165, 1.54) is 0 Å². The van der Waals surface area contributed by atoms with Crippen molar-refractivity contribution in [2.24, 2.45) is 34.5 Å². The number of hydrogen-bond acceptors (Lipinski definition) is 3. The van der Waals surface area contributed by atoms with Gasteiger partial charge in [-0.05, 0) is 60.8 Å². The maximum absolute atomic E-state index is 12.3. The van der Waals surface area contributed by atoms with E-state index in [1.54, 1.807) is 6.08 Å². The van der Waals surface area contributed by atoms with Crippen molar-refractivity contribution >= 4 is 11.6 Å². The number of aliphatic hydroxyl groups is 1. The van der Waals surface area contributed by atoms with Crippen LogP contribution in [0.15, 0.2) is 12.2 Å². The van der Waals surface area contributed by atoms with Crippen molar-refractivity contribution in [1.82, 2.24) is 0 Å². The van der Waals surface area contributed by atoms with Crippen LogP contribution in [-0.4, -0.2) is 22.8 Å². The molecular formula is C19H26O3. The van der Waals surface area contributed by atoms with Gasteiger partial charge in [-0.15, -0.1) is 0 Å². The summed E-state index contributed by atoms with van der Waals surface area (Å²) in [4.78, 5) is 24.2. The first kappa shape index (κ1) is 14.6. The Hall–Kier alpha value is -0.960. The molecule has 0 aromatic heterocycles. The molecule has 7 atom stereocenters. The fraction of sp³-hybridized carbons (Fsp3) is 0.789. The second-order valence-electron chi connectivity index (χ2n) is 8.65. The van der Waals surface area contributed by atoms with Crippen molar-refractivity contribution in [1.29, 1.82) is 0 Å². The van der Waals surface area contributed by atoms with Crippen LogP contribution in [-0.2, 0) is 9.59 Å². The molecule has 0 heterocycles. The van der Waals surface area contributed by atoms with Gasteiger partial charge >= 0.3 is 0 Å². The molecule has 0 aromatic carbocycles. The number of fused-ring (bicyclic) bond motifs is 5. The fourth-order valence-electron chi connectivity index (χ4n) is 6.45. The van der Waals surface area contributed by atoms with Crippen LogP contribution >= 0.6 is 0 Å². The normalized spacial score (nSPS) is 53.9. The summed E-state index contributed by atoms with van der Waals surface area (Å²) in [6.07, 6.45) is 8.44. The maximum Gasteiger partial charge on any atom is 0.161 e. The van der Waals surface area contributed by atoms with E-state index in [1.807, 2.05) is 6.92 Å². The van der Waals surface area contributed by atoms with Crippen molar-refractivity contribution in [2.75, 3.05) is 0 Å². The number of Topliss-reactive ketones (excluding diaryl/α,β-unsaturated/α-hetero) is 1. The SMILES string of the molecule is C[C@]12CCC(=O)CC1CC[C@@H]1[C@@H]2C(O)C[C@]2(C)C(=O)C=C[C@@H]12. The Morgan fingerprint density at radius 1 is 1.23 bits per heavy atom. The van der Waals surface area contributed by atoms with Crippen molar-refractivity contribution in [2.45, 2.75) is 58.5 Å². The lowest BCUT2D eigenvalue weighted by atomic mass is 9.44. The van der Waals surface area contributed by atoms with Gasteiger partial charge in [-0.3, -0.25) is 9.59 Å². The van der Waals surface area contributed by atoms with Gasteiger partial charge in [0, 0.05) is 18.3 Å². The van der Waals surface area contributed by atoms with Crippen LogP contribution in [0.1, 0.15) is 52.4 Å². The molecule has 0 amide bonds. The van der Waals surface area contributed by atoms with E-state index in [0.29, 0.717) is 36.9 Å². The minimum atomic E-state index is -0.406. The predicted octanol–water partition coefficient (Wildman–Crippen LogP) is 2.91. The Labute approximate surface area is 132 Å². The van der Waals surface area contributed by atoms with Gasteiger partial charge in [0.25, 0.3) is 0 Å². The molecular weight excluding hydrogens is 276 g/mol. The zero-order valence-electron chi connectivity index (χ0n) is 13.5. The number of allylic oxidation sites excluding steroid dienone is 2. The molecule has 0 spiro atoms. The number of carbonyl (C=O) groups is 2. The molecule has 4 aliphatic rings. The highest BCUT2D eigenvalue weighted by atomic mass is 16.3. The molecule has 0 bridgehead atoms. The van der Waals surface area contributed by atoms with Gasteiger partial charge in [0.15, 0.2) is 5.78 Å². The second-order valence-corrected chi connectivity index (χ2v) is 8.65. The predicted molar refractivity (Wildman–Crippen MR) is 83.0 cm³/mol. The largest absolute Gasteiger partial charge is 0.393 e. The quantitative estimate of drug-likeness (QED) is 0.748. The molecule has 0 radical (unpaired) electrons. The molecule has 0 aromatic rings. The van der Waals surface area contributed by atoms with E-state index < -0.39 is 11.5 Å². The van der Waals surface area contributed by atoms with Crippen molar-refractivity contribution < 1.29 is 14.7 Å². The average molecular weight is 302 g/mol. The molecule has 3 fully saturated rings. The number of ketones is 2. The number of hydrogen-bond donors (Lipinski definition) is 1. The summed E-state index contributed by atoms with van der Waals surface area (Å²) in [7, 11) is 0. The topological polar surface area (TPSA) is 54.4 Å². The summed E-state index contributed by atoms with van der Waals surface area (Å²) in [6.45, 7) is 4.34. The molecule has 3 saturated carbocycles. The first-order chi connectivity index (χ1) is 10.4. The van der Waals surface area contributed by atoms with Gasteiger partial charge in [-0.25, -0.2) is 0 Å². The standard InChI is InChI=1S/C19H26O3/c1-18-8-7-12(20)9-11(18)3-4-13-14-5-6-16(22)19(14,2)10-15(21)17(13)18/h5-6,11,13-15,17,21H,3-4,7-10H2,1-2H3/t11?,13-,14-,15?,17+,18-,19-/m0/s1. The summed E-state index contributed by atoms with van der Waals surface area (Å²) in [5, 5.41) is 10.9. The van der Waals surface area contributed by atoms with Crippen LogP contribution < -0.4 is 0 Å².